The summed E-state index contributed by atoms with van der Waals surface area (Å²) in [4.78, 5) is 12.7. The second-order valence-electron chi connectivity index (χ2n) is 5.41. The average molecular weight is 292 g/mol. The van der Waals surface area contributed by atoms with Crippen molar-refractivity contribution >= 4 is 23.5 Å². The van der Waals surface area contributed by atoms with E-state index in [1.165, 1.54) is 0 Å². The van der Waals surface area contributed by atoms with Gasteiger partial charge in [0.05, 0.1) is 11.8 Å². The van der Waals surface area contributed by atoms with Gasteiger partial charge in [-0.05, 0) is 32.9 Å². The van der Waals surface area contributed by atoms with E-state index < -0.39 is 11.7 Å². The van der Waals surface area contributed by atoms with Gasteiger partial charge in [-0.25, -0.2) is 4.79 Å². The van der Waals surface area contributed by atoms with Crippen LogP contribution in [0.4, 0.5) is 10.5 Å². The van der Waals surface area contributed by atoms with Crippen LogP contribution in [0.15, 0.2) is 29.2 Å². The van der Waals surface area contributed by atoms with E-state index in [2.05, 4.69) is 11.4 Å². The average Bonchev–Trinajstić information content (AvgIpc) is 2.29. The Balaban J connectivity index is 2.76. The number of benzene rings is 1. The van der Waals surface area contributed by atoms with Crippen molar-refractivity contribution in [3.8, 4) is 6.07 Å². The van der Waals surface area contributed by atoms with E-state index in [4.69, 9.17) is 10.00 Å². The summed E-state index contributed by atoms with van der Waals surface area (Å²) in [5.74, 6) is 0. The Kier molecular flexibility index (Phi) is 5.90. The van der Waals surface area contributed by atoms with E-state index in [0.29, 0.717) is 12.1 Å². The Morgan fingerprint density at radius 1 is 1.45 bits per heavy atom. The smallest absolute Gasteiger partial charge is 0.412 e. The molecule has 1 N–H and O–H groups in total. The van der Waals surface area contributed by atoms with Crippen molar-refractivity contribution in [1.29, 1.82) is 5.26 Å². The van der Waals surface area contributed by atoms with Crippen LogP contribution in [0.3, 0.4) is 0 Å². The molecule has 0 saturated carbocycles. The third-order valence-electron chi connectivity index (χ3n) is 2.23. The van der Waals surface area contributed by atoms with Crippen LogP contribution < -0.4 is 5.32 Å². The standard InChI is InChI=1S/C15H20N2O2S/c1-11(9-10-16)20-13-8-6-5-7-12(13)17-14(18)19-15(2,3)4/h5-8,11H,9H2,1-4H3,(H,17,18). The van der Waals surface area contributed by atoms with E-state index in [9.17, 15) is 4.79 Å². The van der Waals surface area contributed by atoms with Crippen molar-refractivity contribution in [1.82, 2.24) is 0 Å². The molecule has 1 aromatic rings. The number of rotatable bonds is 4. The van der Waals surface area contributed by atoms with E-state index in [1.807, 2.05) is 52.0 Å². The van der Waals surface area contributed by atoms with Gasteiger partial charge in [-0.15, -0.1) is 11.8 Å². The fourth-order valence-corrected chi connectivity index (χ4v) is 2.47. The molecule has 0 bridgehead atoms. The molecule has 1 amide bonds. The van der Waals surface area contributed by atoms with Gasteiger partial charge in [-0.1, -0.05) is 19.1 Å². The first-order valence-corrected chi connectivity index (χ1v) is 7.32. The van der Waals surface area contributed by atoms with Crippen LogP contribution in [0.5, 0.6) is 0 Å². The van der Waals surface area contributed by atoms with Gasteiger partial charge in [-0.3, -0.25) is 5.32 Å². The third-order valence-corrected chi connectivity index (χ3v) is 3.41. The summed E-state index contributed by atoms with van der Waals surface area (Å²) in [6.07, 6.45) is -0.00990. The van der Waals surface area contributed by atoms with E-state index in [1.54, 1.807) is 11.8 Å². The van der Waals surface area contributed by atoms with E-state index in [0.717, 1.165) is 4.90 Å². The molecule has 1 aromatic carbocycles. The van der Waals surface area contributed by atoms with Gasteiger partial charge in [0.2, 0.25) is 0 Å². The van der Waals surface area contributed by atoms with Crippen molar-refractivity contribution in [3.63, 3.8) is 0 Å². The Labute approximate surface area is 124 Å². The number of nitriles is 1. The highest BCUT2D eigenvalue weighted by Gasteiger charge is 2.17. The van der Waals surface area contributed by atoms with Gasteiger partial charge < -0.3 is 4.74 Å². The molecular formula is C15H20N2O2S. The van der Waals surface area contributed by atoms with Crippen molar-refractivity contribution in [3.05, 3.63) is 24.3 Å². The quantitative estimate of drug-likeness (QED) is 0.834. The number of thioether (sulfide) groups is 1. The number of amides is 1. The number of hydrogen-bond donors (Lipinski definition) is 1. The molecule has 0 aromatic heterocycles. The van der Waals surface area contributed by atoms with Crippen LogP contribution >= 0.6 is 11.8 Å². The lowest BCUT2D eigenvalue weighted by atomic mass is 10.2. The summed E-state index contributed by atoms with van der Waals surface area (Å²) in [6.45, 7) is 7.45. The van der Waals surface area contributed by atoms with E-state index in [-0.39, 0.29) is 5.25 Å². The number of anilines is 1. The molecular weight excluding hydrogens is 272 g/mol. The highest BCUT2D eigenvalue weighted by atomic mass is 32.2. The Morgan fingerprint density at radius 3 is 2.70 bits per heavy atom. The summed E-state index contributed by atoms with van der Waals surface area (Å²) >= 11 is 1.56. The molecule has 5 heteroatoms. The molecule has 0 radical (unpaired) electrons. The number of carbonyl (C=O) groups is 1. The summed E-state index contributed by atoms with van der Waals surface area (Å²) in [5, 5.41) is 11.6. The van der Waals surface area contributed by atoms with Crippen molar-refractivity contribution in [2.75, 3.05) is 5.32 Å². The monoisotopic (exact) mass is 292 g/mol. The first kappa shape index (κ1) is 16.4. The van der Waals surface area contributed by atoms with Crippen LogP contribution in [0.2, 0.25) is 0 Å². The zero-order valence-electron chi connectivity index (χ0n) is 12.3. The van der Waals surface area contributed by atoms with Crippen LogP contribution in [-0.4, -0.2) is 16.9 Å². The molecule has 0 aliphatic rings. The second-order valence-corrected chi connectivity index (χ2v) is 6.89. The van der Waals surface area contributed by atoms with E-state index >= 15 is 0 Å². The van der Waals surface area contributed by atoms with Gasteiger partial charge in [0.15, 0.2) is 0 Å². The molecule has 0 saturated heterocycles. The minimum atomic E-state index is -0.528. The summed E-state index contributed by atoms with van der Waals surface area (Å²) < 4.78 is 5.24. The SMILES string of the molecule is CC(CC#N)Sc1ccccc1NC(=O)OC(C)(C)C. The van der Waals surface area contributed by atoms with Crippen LogP contribution in [0.1, 0.15) is 34.1 Å². The molecule has 0 fully saturated rings. The fourth-order valence-electron chi connectivity index (χ4n) is 1.47. The first-order valence-electron chi connectivity index (χ1n) is 6.44. The van der Waals surface area contributed by atoms with Crippen LogP contribution in [0, 0.1) is 11.3 Å². The maximum absolute atomic E-state index is 11.8. The number of ether oxygens (including phenoxy) is 1. The topological polar surface area (TPSA) is 62.1 Å². The molecule has 108 valence electrons. The normalized spacial score (nSPS) is 12.3. The lowest BCUT2D eigenvalue weighted by Crippen LogP contribution is -2.27. The highest BCUT2D eigenvalue weighted by Crippen LogP contribution is 2.31. The Hall–Kier alpha value is -1.67. The minimum absolute atomic E-state index is 0.168. The highest BCUT2D eigenvalue weighted by molar-refractivity contribution is 8.00. The lowest BCUT2D eigenvalue weighted by molar-refractivity contribution is 0.0635. The summed E-state index contributed by atoms with van der Waals surface area (Å²) in [5.41, 5.74) is 0.178. The van der Waals surface area contributed by atoms with Gasteiger partial charge in [0, 0.05) is 16.6 Å². The molecule has 1 rings (SSSR count). The maximum Gasteiger partial charge on any atom is 0.412 e. The first-order chi connectivity index (χ1) is 9.31. The Morgan fingerprint density at radius 2 is 2.10 bits per heavy atom. The molecule has 0 aliphatic heterocycles. The van der Waals surface area contributed by atoms with Crippen LogP contribution in [0.25, 0.3) is 0 Å². The summed E-state index contributed by atoms with van der Waals surface area (Å²) in [7, 11) is 0. The zero-order chi connectivity index (χ0) is 15.2. The predicted octanol–water partition coefficient (Wildman–Crippen LogP) is 4.43. The lowest BCUT2D eigenvalue weighted by Gasteiger charge is -2.20. The molecule has 0 aliphatic carbocycles. The minimum Gasteiger partial charge on any atom is -0.444 e. The van der Waals surface area contributed by atoms with Gasteiger partial charge in [-0.2, -0.15) is 5.26 Å². The Bertz CT molecular complexity index is 503. The number of hydrogen-bond acceptors (Lipinski definition) is 4. The predicted molar refractivity (Wildman–Crippen MR) is 81.8 cm³/mol. The van der Waals surface area contributed by atoms with Crippen molar-refractivity contribution < 1.29 is 9.53 Å². The second kappa shape index (κ2) is 7.20. The van der Waals surface area contributed by atoms with Crippen molar-refractivity contribution in [2.45, 2.75) is 49.9 Å². The number of carbonyl (C=O) groups excluding carboxylic acids is 1. The van der Waals surface area contributed by atoms with Crippen molar-refractivity contribution in [2.24, 2.45) is 0 Å². The molecule has 0 spiro atoms. The molecule has 4 nitrogen and oxygen atoms in total. The maximum atomic E-state index is 11.8. The van der Waals surface area contributed by atoms with Gasteiger partial charge in [0.25, 0.3) is 0 Å². The fraction of sp³-hybridized carbons (Fsp3) is 0.467. The molecule has 20 heavy (non-hydrogen) atoms. The number of para-hydroxylation sites is 1. The molecule has 0 heterocycles. The number of nitrogens with one attached hydrogen (secondary N) is 1. The third kappa shape index (κ3) is 5.98. The zero-order valence-corrected chi connectivity index (χ0v) is 13.1. The van der Waals surface area contributed by atoms with Gasteiger partial charge in [0.1, 0.15) is 5.60 Å². The largest absolute Gasteiger partial charge is 0.444 e. The molecule has 1 unspecified atom stereocenters. The van der Waals surface area contributed by atoms with Crippen LogP contribution in [-0.2, 0) is 4.74 Å². The van der Waals surface area contributed by atoms with Gasteiger partial charge >= 0.3 is 6.09 Å². The number of nitrogens with zero attached hydrogens (tertiary/aromatic N) is 1. The molecule has 1 atom stereocenters. The summed E-state index contributed by atoms with van der Waals surface area (Å²) in [6, 6.07) is 9.65.